The highest BCUT2D eigenvalue weighted by molar-refractivity contribution is 5.96. The fraction of sp³-hybridized carbons (Fsp3) is 0.250. The summed E-state index contributed by atoms with van der Waals surface area (Å²) in [6.07, 6.45) is 2.58. The van der Waals surface area contributed by atoms with E-state index in [-0.39, 0.29) is 12.2 Å². The zero-order valence-corrected chi connectivity index (χ0v) is 13.0. The summed E-state index contributed by atoms with van der Waals surface area (Å²) < 4.78 is 20.1. The molecule has 3 aromatic rings. The van der Waals surface area contributed by atoms with Crippen molar-refractivity contribution in [2.45, 2.75) is 20.8 Å². The predicted molar refractivity (Wildman–Crippen MR) is 81.6 cm³/mol. The van der Waals surface area contributed by atoms with Gasteiger partial charge in [-0.25, -0.2) is 18.7 Å². The third-order valence-corrected chi connectivity index (χ3v) is 3.47. The molecule has 6 nitrogen and oxygen atoms in total. The van der Waals surface area contributed by atoms with Crippen molar-refractivity contribution in [3.05, 3.63) is 47.3 Å². The van der Waals surface area contributed by atoms with Crippen molar-refractivity contribution < 1.29 is 13.9 Å². The predicted octanol–water partition coefficient (Wildman–Crippen LogP) is 2.72. The number of fused-ring (bicyclic) bond motifs is 1. The molecule has 0 aliphatic rings. The van der Waals surface area contributed by atoms with E-state index in [2.05, 4.69) is 15.1 Å². The van der Waals surface area contributed by atoms with Crippen LogP contribution >= 0.6 is 0 Å². The van der Waals surface area contributed by atoms with Gasteiger partial charge in [0.15, 0.2) is 5.65 Å². The number of carbonyl (C=O) groups is 1. The molecule has 0 saturated heterocycles. The first kappa shape index (κ1) is 15.1. The topological polar surface area (TPSA) is 69.4 Å². The molecule has 0 bridgehead atoms. The maximum absolute atomic E-state index is 13.5. The molecular weight excluding hydrogens is 299 g/mol. The van der Waals surface area contributed by atoms with Gasteiger partial charge in [0.2, 0.25) is 0 Å². The molecule has 0 radical (unpaired) electrons. The molecule has 0 fully saturated rings. The molecule has 3 heterocycles. The van der Waals surface area contributed by atoms with E-state index in [1.54, 1.807) is 24.4 Å². The van der Waals surface area contributed by atoms with Gasteiger partial charge in [0.1, 0.15) is 11.4 Å². The minimum absolute atomic E-state index is 0.266. The zero-order valence-electron chi connectivity index (χ0n) is 13.0. The minimum Gasteiger partial charge on any atom is -0.462 e. The van der Waals surface area contributed by atoms with Gasteiger partial charge in [-0.1, -0.05) is 0 Å². The summed E-state index contributed by atoms with van der Waals surface area (Å²) in [6, 6.07) is 3.15. The number of esters is 1. The summed E-state index contributed by atoms with van der Waals surface area (Å²) in [5.41, 5.74) is 3.18. The molecule has 3 aromatic heterocycles. The first-order chi connectivity index (χ1) is 11.0. The summed E-state index contributed by atoms with van der Waals surface area (Å²) in [6.45, 7) is 5.61. The Morgan fingerprint density at radius 3 is 2.83 bits per heavy atom. The molecule has 0 atom stereocenters. The highest BCUT2D eigenvalue weighted by atomic mass is 19.1. The number of ether oxygens (including phenoxy) is 1. The van der Waals surface area contributed by atoms with Crippen LogP contribution < -0.4 is 0 Å². The quantitative estimate of drug-likeness (QED) is 0.695. The van der Waals surface area contributed by atoms with Gasteiger partial charge < -0.3 is 4.74 Å². The van der Waals surface area contributed by atoms with Crippen molar-refractivity contribution in [3.8, 4) is 11.3 Å². The number of aryl methyl sites for hydroxylation is 2. The number of pyridine rings is 1. The number of aromatic nitrogens is 4. The average Bonchev–Trinajstić information content (AvgIpc) is 2.94. The molecule has 0 amide bonds. The third kappa shape index (κ3) is 2.65. The summed E-state index contributed by atoms with van der Waals surface area (Å²) >= 11 is 0. The highest BCUT2D eigenvalue weighted by Crippen LogP contribution is 2.24. The van der Waals surface area contributed by atoms with E-state index < -0.39 is 11.8 Å². The minimum atomic E-state index is -0.486. The molecule has 0 saturated carbocycles. The fourth-order valence-corrected chi connectivity index (χ4v) is 2.37. The molecule has 0 aromatic carbocycles. The molecule has 0 aliphatic carbocycles. The van der Waals surface area contributed by atoms with E-state index in [1.165, 1.54) is 12.3 Å². The Kier molecular flexibility index (Phi) is 3.77. The Bertz CT molecular complexity index is 904. The van der Waals surface area contributed by atoms with E-state index in [9.17, 15) is 9.18 Å². The number of rotatable bonds is 3. The van der Waals surface area contributed by atoms with Gasteiger partial charge in [-0.3, -0.25) is 4.98 Å². The second-order valence-corrected chi connectivity index (χ2v) is 5.08. The van der Waals surface area contributed by atoms with Crippen LogP contribution in [0.3, 0.4) is 0 Å². The van der Waals surface area contributed by atoms with Crippen molar-refractivity contribution in [2.24, 2.45) is 0 Å². The molecule has 7 heteroatoms. The van der Waals surface area contributed by atoms with Crippen LogP contribution in [0.4, 0.5) is 4.39 Å². The Morgan fingerprint density at radius 2 is 2.09 bits per heavy atom. The standard InChI is InChI=1S/C16H15FN4O2/c1-4-23-16(22)13-8-19-21-9(2)5-14(20-15(13)21)12-6-11(17)7-18-10(12)3/h5-8H,4H2,1-3H3. The second-order valence-electron chi connectivity index (χ2n) is 5.08. The molecule has 0 aliphatic heterocycles. The largest absolute Gasteiger partial charge is 0.462 e. The van der Waals surface area contributed by atoms with E-state index in [0.29, 0.717) is 22.6 Å². The maximum Gasteiger partial charge on any atom is 0.343 e. The van der Waals surface area contributed by atoms with Gasteiger partial charge in [-0.2, -0.15) is 5.10 Å². The lowest BCUT2D eigenvalue weighted by Gasteiger charge is -2.08. The first-order valence-corrected chi connectivity index (χ1v) is 7.16. The van der Waals surface area contributed by atoms with Crippen molar-refractivity contribution in [1.82, 2.24) is 19.6 Å². The van der Waals surface area contributed by atoms with Crippen LogP contribution in [0.2, 0.25) is 0 Å². The van der Waals surface area contributed by atoms with Gasteiger partial charge in [0.25, 0.3) is 0 Å². The number of carbonyl (C=O) groups excluding carboxylic acids is 1. The third-order valence-electron chi connectivity index (χ3n) is 3.47. The summed E-state index contributed by atoms with van der Waals surface area (Å²) in [7, 11) is 0. The van der Waals surface area contributed by atoms with Crippen LogP contribution in [0, 0.1) is 19.7 Å². The Hall–Kier alpha value is -2.83. The van der Waals surface area contributed by atoms with Crippen LogP contribution in [0.25, 0.3) is 16.9 Å². The van der Waals surface area contributed by atoms with Crippen molar-refractivity contribution in [3.63, 3.8) is 0 Å². The molecular formula is C16H15FN4O2. The van der Waals surface area contributed by atoms with Crippen LogP contribution in [0.1, 0.15) is 28.7 Å². The number of hydrogen-bond acceptors (Lipinski definition) is 5. The number of nitrogens with zero attached hydrogens (tertiary/aromatic N) is 4. The first-order valence-electron chi connectivity index (χ1n) is 7.16. The van der Waals surface area contributed by atoms with Crippen molar-refractivity contribution >= 4 is 11.6 Å². The Labute approximate surface area is 131 Å². The van der Waals surface area contributed by atoms with E-state index in [4.69, 9.17) is 4.74 Å². The van der Waals surface area contributed by atoms with Gasteiger partial charge in [0, 0.05) is 17.0 Å². The van der Waals surface area contributed by atoms with Crippen LogP contribution in [-0.4, -0.2) is 32.2 Å². The normalized spacial score (nSPS) is 11.0. The SMILES string of the molecule is CCOC(=O)c1cnn2c(C)cc(-c3cc(F)cnc3C)nc12. The van der Waals surface area contributed by atoms with Gasteiger partial charge >= 0.3 is 5.97 Å². The monoisotopic (exact) mass is 314 g/mol. The summed E-state index contributed by atoms with van der Waals surface area (Å²) in [5, 5.41) is 4.16. The van der Waals surface area contributed by atoms with Gasteiger partial charge in [-0.05, 0) is 32.9 Å². The molecule has 3 rings (SSSR count). The fourth-order valence-electron chi connectivity index (χ4n) is 2.37. The van der Waals surface area contributed by atoms with Crippen molar-refractivity contribution in [1.29, 1.82) is 0 Å². The van der Waals surface area contributed by atoms with Crippen LogP contribution in [0.5, 0.6) is 0 Å². The van der Waals surface area contributed by atoms with E-state index in [0.717, 1.165) is 11.9 Å². The maximum atomic E-state index is 13.5. The van der Waals surface area contributed by atoms with Crippen LogP contribution in [0.15, 0.2) is 24.5 Å². The lowest BCUT2D eigenvalue weighted by atomic mass is 10.1. The molecule has 0 unspecified atom stereocenters. The lowest BCUT2D eigenvalue weighted by Crippen LogP contribution is -2.06. The lowest BCUT2D eigenvalue weighted by molar-refractivity contribution is 0.0528. The summed E-state index contributed by atoms with van der Waals surface area (Å²) in [5.74, 6) is -0.926. The van der Waals surface area contributed by atoms with E-state index >= 15 is 0 Å². The Balaban J connectivity index is 2.22. The smallest absolute Gasteiger partial charge is 0.343 e. The molecule has 23 heavy (non-hydrogen) atoms. The summed E-state index contributed by atoms with van der Waals surface area (Å²) in [4.78, 5) is 20.5. The van der Waals surface area contributed by atoms with Gasteiger partial charge in [0.05, 0.1) is 24.7 Å². The number of halogens is 1. The molecule has 0 N–H and O–H groups in total. The van der Waals surface area contributed by atoms with Crippen molar-refractivity contribution in [2.75, 3.05) is 6.61 Å². The zero-order chi connectivity index (χ0) is 16.6. The second kappa shape index (κ2) is 5.75. The number of hydrogen-bond donors (Lipinski definition) is 0. The molecule has 0 spiro atoms. The van der Waals surface area contributed by atoms with Gasteiger partial charge in [-0.15, -0.1) is 0 Å². The average molecular weight is 314 g/mol. The van der Waals surface area contributed by atoms with Crippen LogP contribution in [-0.2, 0) is 4.74 Å². The van der Waals surface area contributed by atoms with E-state index in [1.807, 2.05) is 6.92 Å². The molecule has 118 valence electrons. The highest BCUT2D eigenvalue weighted by Gasteiger charge is 2.18. The Morgan fingerprint density at radius 1 is 1.30 bits per heavy atom.